The Labute approximate surface area is 161 Å². The van der Waals surface area contributed by atoms with Crippen molar-refractivity contribution in [1.82, 2.24) is 9.88 Å². The number of carbonyl (C=O) groups excluding carboxylic acids is 1. The standard InChI is InChI=1S/C19H22N2O3S2/c1-13-11-25-19(20-13)26-12-18(22)21-7-2-4-15(21)14-5-6-16-17(10-14)24-9-3-8-23-16/h5-6,10-11,15H,2-4,7-9,12H2,1H3. The molecule has 1 unspecified atom stereocenters. The Bertz CT molecular complexity index is 793. The average Bonchev–Trinajstić information content (AvgIpc) is 3.23. The number of rotatable bonds is 4. The quantitative estimate of drug-likeness (QED) is 0.737. The predicted octanol–water partition coefficient (Wildman–Crippen LogP) is 4.07. The van der Waals surface area contributed by atoms with Gasteiger partial charge < -0.3 is 14.4 Å². The van der Waals surface area contributed by atoms with Gasteiger partial charge in [-0.05, 0) is 37.5 Å². The van der Waals surface area contributed by atoms with Crippen molar-refractivity contribution in [3.8, 4) is 11.5 Å². The van der Waals surface area contributed by atoms with Gasteiger partial charge in [-0.3, -0.25) is 4.79 Å². The van der Waals surface area contributed by atoms with Crippen LogP contribution in [0.1, 0.15) is 36.6 Å². The van der Waals surface area contributed by atoms with Crippen molar-refractivity contribution in [2.45, 2.75) is 36.6 Å². The van der Waals surface area contributed by atoms with Gasteiger partial charge in [-0.1, -0.05) is 17.8 Å². The molecule has 0 N–H and O–H groups in total. The lowest BCUT2D eigenvalue weighted by Crippen LogP contribution is -2.32. The molecule has 1 aromatic heterocycles. The van der Waals surface area contributed by atoms with Crippen LogP contribution in [-0.4, -0.2) is 41.3 Å². The summed E-state index contributed by atoms with van der Waals surface area (Å²) in [6, 6.07) is 6.22. The number of hydrogen-bond donors (Lipinski definition) is 0. The maximum absolute atomic E-state index is 12.8. The van der Waals surface area contributed by atoms with E-state index in [9.17, 15) is 4.79 Å². The van der Waals surface area contributed by atoms with Gasteiger partial charge >= 0.3 is 0 Å². The molecule has 0 spiro atoms. The highest BCUT2D eigenvalue weighted by molar-refractivity contribution is 8.01. The van der Waals surface area contributed by atoms with Gasteiger partial charge in [0.15, 0.2) is 15.8 Å². The number of carbonyl (C=O) groups is 1. The summed E-state index contributed by atoms with van der Waals surface area (Å²) in [5.74, 6) is 2.22. The molecular weight excluding hydrogens is 368 g/mol. The number of thiazole rings is 1. The Balaban J connectivity index is 1.45. The summed E-state index contributed by atoms with van der Waals surface area (Å²) in [6.07, 6.45) is 2.92. The van der Waals surface area contributed by atoms with Crippen LogP contribution in [0.5, 0.6) is 11.5 Å². The minimum Gasteiger partial charge on any atom is -0.490 e. The van der Waals surface area contributed by atoms with Crippen molar-refractivity contribution < 1.29 is 14.3 Å². The number of nitrogens with zero attached hydrogens (tertiary/aromatic N) is 2. The van der Waals surface area contributed by atoms with Crippen LogP contribution in [0.2, 0.25) is 0 Å². The number of aromatic nitrogens is 1. The minimum absolute atomic E-state index is 0.123. The zero-order valence-corrected chi connectivity index (χ0v) is 16.4. The van der Waals surface area contributed by atoms with E-state index < -0.39 is 0 Å². The van der Waals surface area contributed by atoms with Gasteiger partial charge in [0.2, 0.25) is 5.91 Å². The van der Waals surface area contributed by atoms with Crippen LogP contribution in [0, 0.1) is 6.92 Å². The third kappa shape index (κ3) is 3.83. The largest absolute Gasteiger partial charge is 0.490 e. The highest BCUT2D eigenvalue weighted by Crippen LogP contribution is 2.38. The Morgan fingerprint density at radius 2 is 2.15 bits per heavy atom. The third-order valence-electron chi connectivity index (χ3n) is 4.65. The van der Waals surface area contributed by atoms with Crippen LogP contribution in [-0.2, 0) is 4.79 Å². The molecule has 0 aliphatic carbocycles. The van der Waals surface area contributed by atoms with Crippen LogP contribution in [0.15, 0.2) is 27.9 Å². The summed E-state index contributed by atoms with van der Waals surface area (Å²) in [5, 5.41) is 2.02. The summed E-state index contributed by atoms with van der Waals surface area (Å²) in [6.45, 7) is 4.15. The van der Waals surface area contributed by atoms with E-state index in [1.807, 2.05) is 29.3 Å². The molecular formula is C19H22N2O3S2. The summed E-state index contributed by atoms with van der Waals surface area (Å²) in [5.41, 5.74) is 2.14. The fourth-order valence-electron chi connectivity index (χ4n) is 3.40. The second-order valence-corrected chi connectivity index (χ2v) is 8.63. The molecule has 0 bridgehead atoms. The molecule has 1 aromatic carbocycles. The van der Waals surface area contributed by atoms with E-state index in [-0.39, 0.29) is 11.9 Å². The van der Waals surface area contributed by atoms with Gasteiger partial charge in [-0.25, -0.2) is 4.98 Å². The molecule has 0 radical (unpaired) electrons. The van der Waals surface area contributed by atoms with Crippen LogP contribution in [0.25, 0.3) is 0 Å². The number of aryl methyl sites for hydroxylation is 1. The van der Waals surface area contributed by atoms with Crippen molar-refractivity contribution in [2.75, 3.05) is 25.5 Å². The Hall–Kier alpha value is -1.73. The molecule has 1 amide bonds. The molecule has 2 aliphatic heterocycles. The van der Waals surface area contributed by atoms with E-state index in [1.54, 1.807) is 11.3 Å². The minimum atomic E-state index is 0.123. The lowest BCUT2D eigenvalue weighted by atomic mass is 10.0. The van der Waals surface area contributed by atoms with E-state index in [1.165, 1.54) is 11.8 Å². The summed E-state index contributed by atoms with van der Waals surface area (Å²) >= 11 is 3.13. The topological polar surface area (TPSA) is 51.7 Å². The lowest BCUT2D eigenvalue weighted by Gasteiger charge is -2.25. The second kappa shape index (κ2) is 7.88. The molecule has 3 heterocycles. The van der Waals surface area contributed by atoms with E-state index in [2.05, 4.69) is 11.1 Å². The first kappa shape index (κ1) is 17.7. The molecule has 7 heteroatoms. The fraction of sp³-hybridized carbons (Fsp3) is 0.474. The van der Waals surface area contributed by atoms with Crippen molar-refractivity contribution in [3.63, 3.8) is 0 Å². The number of thioether (sulfide) groups is 1. The Kier molecular flexibility index (Phi) is 5.36. The van der Waals surface area contributed by atoms with Crippen molar-refractivity contribution in [2.24, 2.45) is 0 Å². The first-order valence-electron chi connectivity index (χ1n) is 8.94. The Morgan fingerprint density at radius 1 is 1.31 bits per heavy atom. The molecule has 1 fully saturated rings. The predicted molar refractivity (Wildman–Crippen MR) is 103 cm³/mol. The zero-order chi connectivity index (χ0) is 17.9. The van der Waals surface area contributed by atoms with Crippen molar-refractivity contribution >= 4 is 29.0 Å². The highest BCUT2D eigenvalue weighted by Gasteiger charge is 2.30. The van der Waals surface area contributed by atoms with Crippen LogP contribution >= 0.6 is 23.1 Å². The fourth-order valence-corrected chi connectivity index (χ4v) is 5.14. The van der Waals surface area contributed by atoms with Gasteiger partial charge in [0, 0.05) is 24.0 Å². The summed E-state index contributed by atoms with van der Waals surface area (Å²) in [7, 11) is 0. The molecule has 1 atom stereocenters. The van der Waals surface area contributed by atoms with Crippen LogP contribution < -0.4 is 9.47 Å². The monoisotopic (exact) mass is 390 g/mol. The molecule has 138 valence electrons. The molecule has 1 saturated heterocycles. The van der Waals surface area contributed by atoms with Crippen molar-refractivity contribution in [3.05, 3.63) is 34.8 Å². The van der Waals surface area contributed by atoms with Crippen molar-refractivity contribution in [1.29, 1.82) is 0 Å². The van der Waals surface area contributed by atoms with E-state index in [0.717, 1.165) is 52.9 Å². The van der Waals surface area contributed by atoms with E-state index in [4.69, 9.17) is 9.47 Å². The molecule has 2 aliphatic rings. The second-order valence-electron chi connectivity index (χ2n) is 6.55. The third-order valence-corrected chi connectivity index (χ3v) is 6.77. The molecule has 5 nitrogen and oxygen atoms in total. The van der Waals surface area contributed by atoms with Gasteiger partial charge in [-0.15, -0.1) is 11.3 Å². The normalized spacial score (nSPS) is 19.4. The smallest absolute Gasteiger partial charge is 0.233 e. The summed E-state index contributed by atoms with van der Waals surface area (Å²) < 4.78 is 12.5. The molecule has 2 aromatic rings. The number of amides is 1. The van der Waals surface area contributed by atoms with Crippen LogP contribution in [0.4, 0.5) is 0 Å². The maximum Gasteiger partial charge on any atom is 0.233 e. The lowest BCUT2D eigenvalue weighted by molar-refractivity contribution is -0.129. The van der Waals surface area contributed by atoms with Crippen LogP contribution in [0.3, 0.4) is 0 Å². The van der Waals surface area contributed by atoms with Gasteiger partial charge in [0.25, 0.3) is 0 Å². The number of benzene rings is 1. The number of likely N-dealkylation sites (tertiary alicyclic amines) is 1. The van der Waals surface area contributed by atoms with E-state index >= 15 is 0 Å². The molecule has 26 heavy (non-hydrogen) atoms. The number of hydrogen-bond acceptors (Lipinski definition) is 6. The maximum atomic E-state index is 12.8. The average molecular weight is 391 g/mol. The molecule has 0 saturated carbocycles. The van der Waals surface area contributed by atoms with E-state index in [0.29, 0.717) is 19.0 Å². The first-order chi connectivity index (χ1) is 12.7. The Morgan fingerprint density at radius 3 is 2.96 bits per heavy atom. The summed E-state index contributed by atoms with van der Waals surface area (Å²) in [4.78, 5) is 19.2. The first-order valence-corrected chi connectivity index (χ1v) is 10.8. The highest BCUT2D eigenvalue weighted by atomic mass is 32.2. The SMILES string of the molecule is Cc1csc(SCC(=O)N2CCCC2c2ccc3c(c2)OCCCO3)n1. The zero-order valence-electron chi connectivity index (χ0n) is 14.8. The number of fused-ring (bicyclic) bond motifs is 1. The van der Waals surface area contributed by atoms with Gasteiger partial charge in [0.1, 0.15) is 0 Å². The van der Waals surface area contributed by atoms with Gasteiger partial charge in [-0.2, -0.15) is 0 Å². The van der Waals surface area contributed by atoms with Gasteiger partial charge in [0.05, 0.1) is 25.0 Å². The molecule has 4 rings (SSSR count). The number of ether oxygens (including phenoxy) is 2.